The van der Waals surface area contributed by atoms with Crippen molar-refractivity contribution in [3.05, 3.63) is 87.9 Å². The van der Waals surface area contributed by atoms with Crippen LogP contribution in [-0.2, 0) is 14.3 Å². The van der Waals surface area contributed by atoms with E-state index in [-0.39, 0.29) is 18.3 Å². The van der Waals surface area contributed by atoms with Crippen molar-refractivity contribution in [2.45, 2.75) is 24.4 Å². The summed E-state index contributed by atoms with van der Waals surface area (Å²) >= 11 is 1.38. The lowest BCUT2D eigenvalue weighted by Crippen LogP contribution is -2.59. The van der Waals surface area contributed by atoms with Crippen LogP contribution in [0.3, 0.4) is 0 Å². The molecule has 3 aromatic rings. The summed E-state index contributed by atoms with van der Waals surface area (Å²) < 4.78 is 47.6. The fraction of sp³-hybridized carbons (Fsp3) is 0.269. The number of amides is 2. The summed E-state index contributed by atoms with van der Waals surface area (Å²) in [6.45, 7) is 2.09. The summed E-state index contributed by atoms with van der Waals surface area (Å²) in [5.41, 5.74) is -0.743. The SMILES string of the molecule is CC1(C(=O)NCC(=O)NC2COC2)C(c2cccs2)C(c2ccc(F)cc2)=NN1c1ccc(F)cc1F. The van der Waals surface area contributed by atoms with E-state index in [1.807, 2.05) is 17.5 Å². The van der Waals surface area contributed by atoms with Crippen molar-refractivity contribution in [2.24, 2.45) is 5.10 Å². The van der Waals surface area contributed by atoms with Gasteiger partial charge in [-0.15, -0.1) is 11.3 Å². The number of ether oxygens (including phenoxy) is 1. The number of rotatable bonds is 7. The van der Waals surface area contributed by atoms with Crippen LogP contribution in [0.1, 0.15) is 23.3 Å². The van der Waals surface area contributed by atoms with E-state index in [1.54, 1.807) is 6.92 Å². The molecule has 0 spiro atoms. The second kappa shape index (κ2) is 9.98. The smallest absolute Gasteiger partial charge is 0.249 e. The predicted octanol–water partition coefficient (Wildman–Crippen LogP) is 3.56. The number of nitrogens with zero attached hydrogens (tertiary/aromatic N) is 2. The van der Waals surface area contributed by atoms with E-state index < -0.39 is 40.7 Å². The second-order valence-corrected chi connectivity index (χ2v) is 9.96. The predicted molar refractivity (Wildman–Crippen MR) is 133 cm³/mol. The van der Waals surface area contributed by atoms with Crippen LogP contribution in [0.25, 0.3) is 0 Å². The van der Waals surface area contributed by atoms with Gasteiger partial charge < -0.3 is 15.4 Å². The summed E-state index contributed by atoms with van der Waals surface area (Å²) in [7, 11) is 0. The van der Waals surface area contributed by atoms with Gasteiger partial charge in [0.15, 0.2) is 11.4 Å². The Hall–Kier alpha value is -3.70. The van der Waals surface area contributed by atoms with Gasteiger partial charge in [0.25, 0.3) is 0 Å². The number of anilines is 1. The number of hydrogen-bond donors (Lipinski definition) is 2. The van der Waals surface area contributed by atoms with E-state index in [9.17, 15) is 18.4 Å². The molecule has 0 aliphatic carbocycles. The summed E-state index contributed by atoms with van der Waals surface area (Å²) in [4.78, 5) is 27.0. The number of hydrazone groups is 1. The third-order valence-electron chi connectivity index (χ3n) is 6.46. The molecule has 2 N–H and O–H groups in total. The molecule has 2 unspecified atom stereocenters. The molecule has 3 heterocycles. The van der Waals surface area contributed by atoms with Gasteiger partial charge in [0.1, 0.15) is 11.6 Å². The molecule has 2 aliphatic heterocycles. The highest BCUT2D eigenvalue weighted by atomic mass is 32.1. The molecule has 37 heavy (non-hydrogen) atoms. The number of carbonyl (C=O) groups is 2. The molecule has 0 saturated carbocycles. The Morgan fingerprint density at radius 1 is 1.11 bits per heavy atom. The molecule has 2 aliphatic rings. The van der Waals surface area contributed by atoms with Gasteiger partial charge in [-0.05, 0) is 48.2 Å². The van der Waals surface area contributed by atoms with Crippen molar-refractivity contribution in [3.8, 4) is 0 Å². The molecule has 0 bridgehead atoms. The van der Waals surface area contributed by atoms with E-state index in [4.69, 9.17) is 4.74 Å². The Morgan fingerprint density at radius 3 is 2.46 bits per heavy atom. The van der Waals surface area contributed by atoms with Crippen LogP contribution in [0.4, 0.5) is 18.9 Å². The van der Waals surface area contributed by atoms with Gasteiger partial charge in [0.2, 0.25) is 11.8 Å². The number of nitrogens with one attached hydrogen (secondary N) is 2. The maximum absolute atomic E-state index is 15.1. The lowest BCUT2D eigenvalue weighted by atomic mass is 9.78. The zero-order valence-electron chi connectivity index (χ0n) is 19.7. The first-order valence-corrected chi connectivity index (χ1v) is 12.4. The van der Waals surface area contributed by atoms with Crippen molar-refractivity contribution in [2.75, 3.05) is 24.8 Å². The standard InChI is InChI=1S/C26H23F3N4O3S/c1-26(25(35)30-12-22(34)31-18-13-36-14-18)23(21-3-2-10-37-21)24(15-4-6-16(27)7-5-15)32-33(26)20-9-8-17(28)11-19(20)29/h2-11,18,23H,12-14H2,1H3,(H,30,35)(H,31,34). The maximum atomic E-state index is 15.1. The first-order chi connectivity index (χ1) is 17.8. The van der Waals surface area contributed by atoms with Crippen LogP contribution in [0.2, 0.25) is 0 Å². The lowest BCUT2D eigenvalue weighted by molar-refractivity contribution is -0.130. The third kappa shape index (κ3) is 4.72. The Balaban J connectivity index is 1.57. The topological polar surface area (TPSA) is 83.0 Å². The van der Waals surface area contributed by atoms with Crippen molar-refractivity contribution >= 4 is 34.6 Å². The van der Waals surface area contributed by atoms with Crippen LogP contribution in [-0.4, -0.2) is 48.9 Å². The van der Waals surface area contributed by atoms with Crippen LogP contribution in [0, 0.1) is 17.5 Å². The Labute approximate surface area is 214 Å². The molecular formula is C26H23F3N4O3S. The molecule has 192 valence electrons. The molecule has 1 fully saturated rings. The van der Waals surface area contributed by atoms with Crippen LogP contribution >= 0.6 is 11.3 Å². The van der Waals surface area contributed by atoms with Gasteiger partial charge in [0, 0.05) is 10.9 Å². The average Bonchev–Trinajstić information content (AvgIpc) is 3.47. The zero-order chi connectivity index (χ0) is 26.2. The highest BCUT2D eigenvalue weighted by molar-refractivity contribution is 7.10. The Bertz CT molecular complexity index is 1350. The van der Waals surface area contributed by atoms with E-state index in [1.165, 1.54) is 46.7 Å². The molecule has 7 nitrogen and oxygen atoms in total. The van der Waals surface area contributed by atoms with Crippen molar-refractivity contribution < 1.29 is 27.5 Å². The van der Waals surface area contributed by atoms with E-state index in [0.29, 0.717) is 30.6 Å². The molecule has 1 aromatic heterocycles. The minimum atomic E-state index is -1.56. The fourth-order valence-corrected chi connectivity index (χ4v) is 5.44. The minimum absolute atomic E-state index is 0.108. The Kier molecular flexibility index (Phi) is 6.74. The molecule has 2 atom stereocenters. The van der Waals surface area contributed by atoms with E-state index >= 15 is 4.39 Å². The molecule has 11 heteroatoms. The molecular weight excluding hydrogens is 505 g/mol. The molecule has 2 aromatic carbocycles. The maximum Gasteiger partial charge on any atom is 0.249 e. The lowest BCUT2D eigenvalue weighted by Gasteiger charge is -2.37. The zero-order valence-corrected chi connectivity index (χ0v) is 20.5. The van der Waals surface area contributed by atoms with Crippen LogP contribution < -0.4 is 15.6 Å². The quantitative estimate of drug-likeness (QED) is 0.492. The Morgan fingerprint density at radius 2 is 1.84 bits per heavy atom. The van der Waals surface area contributed by atoms with Crippen molar-refractivity contribution in [3.63, 3.8) is 0 Å². The highest BCUT2D eigenvalue weighted by Gasteiger charge is 2.55. The molecule has 5 rings (SSSR count). The summed E-state index contributed by atoms with van der Waals surface area (Å²) in [6, 6.07) is 12.2. The minimum Gasteiger partial charge on any atom is -0.377 e. The monoisotopic (exact) mass is 528 g/mol. The summed E-state index contributed by atoms with van der Waals surface area (Å²) in [6.07, 6.45) is 0. The first kappa shape index (κ1) is 25.0. The summed E-state index contributed by atoms with van der Waals surface area (Å²) in [5.74, 6) is -3.83. The molecule has 2 amide bonds. The van der Waals surface area contributed by atoms with E-state index in [2.05, 4.69) is 15.7 Å². The van der Waals surface area contributed by atoms with Gasteiger partial charge in [-0.1, -0.05) is 18.2 Å². The third-order valence-corrected chi connectivity index (χ3v) is 7.40. The van der Waals surface area contributed by atoms with Gasteiger partial charge in [-0.3, -0.25) is 9.59 Å². The number of hydrogen-bond acceptors (Lipinski definition) is 6. The number of halogens is 3. The average molecular weight is 529 g/mol. The van der Waals surface area contributed by atoms with E-state index in [0.717, 1.165) is 10.9 Å². The largest absolute Gasteiger partial charge is 0.377 e. The van der Waals surface area contributed by atoms with Gasteiger partial charge in [-0.25, -0.2) is 18.2 Å². The first-order valence-electron chi connectivity index (χ1n) is 11.6. The molecule has 0 radical (unpaired) electrons. The number of thiophene rings is 1. The van der Waals surface area contributed by atoms with Gasteiger partial charge in [0.05, 0.1) is 43.1 Å². The summed E-state index contributed by atoms with van der Waals surface area (Å²) in [5, 5.41) is 13.1. The van der Waals surface area contributed by atoms with Gasteiger partial charge in [-0.2, -0.15) is 5.10 Å². The fourth-order valence-electron chi connectivity index (χ4n) is 4.49. The number of benzene rings is 2. The van der Waals surface area contributed by atoms with Crippen molar-refractivity contribution in [1.82, 2.24) is 10.6 Å². The number of carbonyl (C=O) groups excluding carboxylic acids is 2. The normalized spacial score (nSPS) is 21.4. The van der Waals surface area contributed by atoms with Crippen LogP contribution in [0.15, 0.2) is 65.1 Å². The highest BCUT2D eigenvalue weighted by Crippen LogP contribution is 2.46. The second-order valence-electron chi connectivity index (χ2n) is 8.98. The van der Waals surface area contributed by atoms with Crippen LogP contribution in [0.5, 0.6) is 0 Å². The van der Waals surface area contributed by atoms with Crippen molar-refractivity contribution in [1.29, 1.82) is 0 Å². The van der Waals surface area contributed by atoms with Gasteiger partial charge >= 0.3 is 0 Å². The molecule has 1 saturated heterocycles.